The summed E-state index contributed by atoms with van der Waals surface area (Å²) in [7, 11) is 2.87. The van der Waals surface area contributed by atoms with E-state index in [2.05, 4.69) is 4.98 Å². The smallest absolute Gasteiger partial charge is 0.290 e. The fourth-order valence-corrected chi connectivity index (χ4v) is 2.66. The number of hydrogen-bond donors (Lipinski definition) is 0. The molecule has 1 amide bonds. The molecule has 24 heavy (non-hydrogen) atoms. The molecule has 8 heteroatoms. The Kier molecular flexibility index (Phi) is 6.08. The van der Waals surface area contributed by atoms with Gasteiger partial charge in [-0.25, -0.2) is 9.37 Å². The van der Waals surface area contributed by atoms with Crippen LogP contribution in [0.25, 0.3) is 0 Å². The van der Waals surface area contributed by atoms with Crippen LogP contribution < -0.4 is 4.74 Å². The number of aromatic nitrogens is 1. The minimum atomic E-state index is -2.67. The number of halogens is 3. The molecule has 1 heterocycles. The van der Waals surface area contributed by atoms with Crippen molar-refractivity contribution in [1.29, 1.82) is 0 Å². The molecule has 0 atom stereocenters. The molecule has 0 radical (unpaired) electrons. The Hall–Kier alpha value is -2.22. The highest BCUT2D eigenvalue weighted by atomic mass is 32.2. The third kappa shape index (κ3) is 4.41. The summed E-state index contributed by atoms with van der Waals surface area (Å²) >= 11 is 0.216. The van der Waals surface area contributed by atoms with Crippen molar-refractivity contribution in [2.24, 2.45) is 0 Å². The zero-order valence-corrected chi connectivity index (χ0v) is 13.8. The van der Waals surface area contributed by atoms with Gasteiger partial charge in [-0.2, -0.15) is 8.78 Å². The van der Waals surface area contributed by atoms with Gasteiger partial charge in [0.1, 0.15) is 5.03 Å². The maximum Gasteiger partial charge on any atom is 0.290 e. The summed E-state index contributed by atoms with van der Waals surface area (Å²) in [6.07, 6.45) is 1.35. The third-order valence-corrected chi connectivity index (χ3v) is 3.91. The number of ether oxygens (including phenoxy) is 1. The van der Waals surface area contributed by atoms with Crippen molar-refractivity contribution in [3.63, 3.8) is 0 Å². The summed E-state index contributed by atoms with van der Waals surface area (Å²) in [5.41, 5.74) is 0.635. The van der Waals surface area contributed by atoms with E-state index >= 15 is 0 Å². The lowest BCUT2D eigenvalue weighted by atomic mass is 10.2. The second-order valence-corrected chi connectivity index (χ2v) is 5.84. The van der Waals surface area contributed by atoms with E-state index in [1.165, 1.54) is 49.5 Å². The molecule has 4 nitrogen and oxygen atoms in total. The highest BCUT2D eigenvalue weighted by Crippen LogP contribution is 2.27. The van der Waals surface area contributed by atoms with Crippen LogP contribution in [-0.4, -0.2) is 35.7 Å². The van der Waals surface area contributed by atoms with Crippen LogP contribution in [0.3, 0.4) is 0 Å². The number of carbonyl (C=O) groups excluding carboxylic acids is 1. The monoisotopic (exact) mass is 356 g/mol. The quantitative estimate of drug-likeness (QED) is 0.738. The number of rotatable bonds is 6. The van der Waals surface area contributed by atoms with Crippen molar-refractivity contribution in [1.82, 2.24) is 9.88 Å². The number of thioether (sulfide) groups is 1. The summed E-state index contributed by atoms with van der Waals surface area (Å²) < 4.78 is 43.7. The summed E-state index contributed by atoms with van der Waals surface area (Å²) in [5.74, 6) is -3.57. The van der Waals surface area contributed by atoms with Crippen molar-refractivity contribution in [2.45, 2.75) is 17.3 Å². The van der Waals surface area contributed by atoms with E-state index in [0.717, 1.165) is 0 Å². The van der Waals surface area contributed by atoms with Crippen LogP contribution in [-0.2, 0) is 6.54 Å². The standard InChI is InChI=1S/C16H15F3N2O2S/c1-21(9-10-5-6-13(23-2)12(17)8-10)15(22)11-4-3-7-20-14(11)24-16(18)19/h3-8,16H,9H2,1-2H3. The van der Waals surface area contributed by atoms with Crippen molar-refractivity contribution < 1.29 is 22.7 Å². The van der Waals surface area contributed by atoms with Crippen LogP contribution in [0.5, 0.6) is 5.75 Å². The van der Waals surface area contributed by atoms with Crippen LogP contribution in [0.1, 0.15) is 15.9 Å². The van der Waals surface area contributed by atoms with E-state index in [9.17, 15) is 18.0 Å². The Morgan fingerprint density at radius 3 is 2.75 bits per heavy atom. The average molecular weight is 356 g/mol. The average Bonchev–Trinajstić information content (AvgIpc) is 2.54. The fourth-order valence-electron chi connectivity index (χ4n) is 2.09. The lowest BCUT2D eigenvalue weighted by Crippen LogP contribution is -2.27. The molecule has 2 aromatic rings. The Bertz CT molecular complexity index is 728. The number of amides is 1. The molecule has 128 valence electrons. The summed E-state index contributed by atoms with van der Waals surface area (Å²) in [6.45, 7) is 0.118. The van der Waals surface area contributed by atoms with Gasteiger partial charge in [-0.3, -0.25) is 4.79 Å². The zero-order valence-electron chi connectivity index (χ0n) is 13.0. The molecule has 0 bridgehead atoms. The highest BCUT2D eigenvalue weighted by Gasteiger charge is 2.20. The van der Waals surface area contributed by atoms with E-state index in [1.54, 1.807) is 6.07 Å². The van der Waals surface area contributed by atoms with Crippen molar-refractivity contribution in [2.75, 3.05) is 14.2 Å². The molecule has 0 aliphatic rings. The maximum atomic E-state index is 13.7. The molecule has 0 aliphatic heterocycles. The highest BCUT2D eigenvalue weighted by molar-refractivity contribution is 7.99. The van der Waals surface area contributed by atoms with Crippen LogP contribution in [0.15, 0.2) is 41.6 Å². The summed E-state index contributed by atoms with van der Waals surface area (Å²) in [6, 6.07) is 7.30. The van der Waals surface area contributed by atoms with Gasteiger partial charge in [0, 0.05) is 19.8 Å². The first-order chi connectivity index (χ1) is 11.4. The molecular formula is C16H15F3N2O2S. The second-order valence-electron chi connectivity index (χ2n) is 4.86. The zero-order chi connectivity index (χ0) is 17.7. The van der Waals surface area contributed by atoms with E-state index < -0.39 is 17.5 Å². The third-order valence-electron chi connectivity index (χ3n) is 3.18. The predicted molar refractivity (Wildman–Crippen MR) is 84.8 cm³/mol. The van der Waals surface area contributed by atoms with E-state index in [4.69, 9.17) is 4.74 Å². The molecular weight excluding hydrogens is 341 g/mol. The summed E-state index contributed by atoms with van der Waals surface area (Å²) in [5, 5.41) is -0.0368. The molecule has 0 N–H and O–H groups in total. The normalized spacial score (nSPS) is 10.8. The Morgan fingerprint density at radius 2 is 2.12 bits per heavy atom. The van der Waals surface area contributed by atoms with Crippen molar-refractivity contribution in [3.05, 3.63) is 53.5 Å². The summed E-state index contributed by atoms with van der Waals surface area (Å²) in [4.78, 5) is 17.6. The topological polar surface area (TPSA) is 42.4 Å². The van der Waals surface area contributed by atoms with Crippen LogP contribution >= 0.6 is 11.8 Å². The van der Waals surface area contributed by atoms with Crippen LogP contribution in [0, 0.1) is 5.82 Å². The Labute approximate surface area is 141 Å². The number of hydrogen-bond acceptors (Lipinski definition) is 4. The van der Waals surface area contributed by atoms with Crippen molar-refractivity contribution >= 4 is 17.7 Å². The fraction of sp³-hybridized carbons (Fsp3) is 0.250. The van der Waals surface area contributed by atoms with E-state index in [-0.39, 0.29) is 34.6 Å². The first-order valence-electron chi connectivity index (χ1n) is 6.90. The number of alkyl halides is 2. The number of nitrogens with zero attached hydrogens (tertiary/aromatic N) is 2. The van der Waals surface area contributed by atoms with Gasteiger partial charge in [-0.05, 0) is 41.6 Å². The number of benzene rings is 1. The molecule has 0 saturated carbocycles. The van der Waals surface area contributed by atoms with E-state index in [0.29, 0.717) is 5.56 Å². The van der Waals surface area contributed by atoms with Crippen LogP contribution in [0.2, 0.25) is 0 Å². The molecule has 2 rings (SSSR count). The van der Waals surface area contributed by atoms with E-state index in [1.807, 2.05) is 0 Å². The van der Waals surface area contributed by atoms with Crippen LogP contribution in [0.4, 0.5) is 13.2 Å². The van der Waals surface area contributed by atoms with Crippen molar-refractivity contribution in [3.8, 4) is 5.75 Å². The van der Waals surface area contributed by atoms with Gasteiger partial charge in [0.05, 0.1) is 12.7 Å². The minimum absolute atomic E-state index is 0.0368. The molecule has 0 fully saturated rings. The first-order valence-corrected chi connectivity index (χ1v) is 7.78. The minimum Gasteiger partial charge on any atom is -0.494 e. The van der Waals surface area contributed by atoms with Gasteiger partial charge in [0.25, 0.3) is 11.7 Å². The molecule has 0 unspecified atom stereocenters. The second kappa shape index (κ2) is 8.05. The van der Waals surface area contributed by atoms with Gasteiger partial charge < -0.3 is 9.64 Å². The number of pyridine rings is 1. The number of carbonyl (C=O) groups is 1. The first kappa shape index (κ1) is 18.1. The largest absolute Gasteiger partial charge is 0.494 e. The van der Waals surface area contributed by atoms with Gasteiger partial charge >= 0.3 is 0 Å². The van der Waals surface area contributed by atoms with Gasteiger partial charge in [0.15, 0.2) is 11.6 Å². The lowest BCUT2D eigenvalue weighted by molar-refractivity contribution is 0.0780. The molecule has 1 aromatic heterocycles. The maximum absolute atomic E-state index is 13.7. The molecule has 0 spiro atoms. The molecule has 0 saturated heterocycles. The number of methoxy groups -OCH3 is 1. The Balaban J connectivity index is 2.17. The molecule has 0 aliphatic carbocycles. The van der Waals surface area contributed by atoms with Gasteiger partial charge in [0.2, 0.25) is 0 Å². The predicted octanol–water partition coefficient (Wildman–Crippen LogP) is 3.82. The van der Waals surface area contributed by atoms with Gasteiger partial charge in [-0.1, -0.05) is 6.07 Å². The molecule has 1 aromatic carbocycles. The Morgan fingerprint density at radius 1 is 1.38 bits per heavy atom. The SMILES string of the molecule is COc1ccc(CN(C)C(=O)c2cccnc2SC(F)F)cc1F. The van der Waals surface area contributed by atoms with Gasteiger partial charge in [-0.15, -0.1) is 0 Å². The lowest BCUT2D eigenvalue weighted by Gasteiger charge is -2.19.